The average molecular weight is 761 g/mol. The van der Waals surface area contributed by atoms with Gasteiger partial charge < -0.3 is 42.1 Å². The van der Waals surface area contributed by atoms with Crippen molar-refractivity contribution >= 4 is 35.0 Å². The second kappa shape index (κ2) is 19.6. The number of amides is 4. The zero-order chi connectivity index (χ0) is 39.9. The molecule has 1 aliphatic rings. The van der Waals surface area contributed by atoms with Gasteiger partial charge in [-0.1, -0.05) is 70.9 Å². The van der Waals surface area contributed by atoms with Gasteiger partial charge in [0.15, 0.2) is 0 Å². The van der Waals surface area contributed by atoms with Crippen molar-refractivity contribution in [2.24, 2.45) is 10.2 Å². The molecule has 0 saturated carbocycles. The molecule has 4 amide bonds. The lowest BCUT2D eigenvalue weighted by Gasteiger charge is -2.25. The molecule has 4 aromatic carbocycles. The number of phenols is 2. The van der Waals surface area contributed by atoms with E-state index >= 15 is 0 Å². The molecule has 0 heterocycles. The first-order valence-corrected chi connectivity index (χ1v) is 17.7. The number of carbonyl (C=O) groups excluding carboxylic acids is 4. The Morgan fingerprint density at radius 3 is 1.34 bits per heavy atom. The molecule has 18 heteroatoms. The molecule has 56 heavy (non-hydrogen) atoms. The van der Waals surface area contributed by atoms with Gasteiger partial charge in [-0.25, -0.2) is 9.59 Å². The van der Waals surface area contributed by atoms with E-state index in [1.807, 2.05) is 60.7 Å². The Hall–Kier alpha value is -7.42. The Morgan fingerprint density at radius 1 is 0.571 bits per heavy atom. The summed E-state index contributed by atoms with van der Waals surface area (Å²) >= 11 is 0. The molecule has 2 atom stereocenters. The summed E-state index contributed by atoms with van der Waals surface area (Å²) in [6, 6.07) is 22.3. The summed E-state index contributed by atoms with van der Waals surface area (Å²) in [4.78, 5) is 58.9. The van der Waals surface area contributed by atoms with Crippen LogP contribution in [-0.4, -0.2) is 85.2 Å². The van der Waals surface area contributed by atoms with Gasteiger partial charge in [-0.05, 0) is 59.3 Å². The van der Waals surface area contributed by atoms with Crippen LogP contribution < -0.4 is 31.9 Å². The summed E-state index contributed by atoms with van der Waals surface area (Å²) in [6.45, 7) is 0.511. The van der Waals surface area contributed by atoms with E-state index in [9.17, 15) is 29.4 Å². The number of carbonyl (C=O) groups is 4. The Morgan fingerprint density at radius 2 is 0.964 bits per heavy atom. The quantitative estimate of drug-likeness (QED) is 0.0194. The van der Waals surface area contributed by atoms with Crippen molar-refractivity contribution in [3.05, 3.63) is 139 Å². The highest BCUT2D eigenvalue weighted by Crippen LogP contribution is 2.42. The summed E-state index contributed by atoms with van der Waals surface area (Å²) in [5, 5.41) is 45.6. The van der Waals surface area contributed by atoms with Crippen molar-refractivity contribution in [2.75, 3.05) is 49.9 Å². The van der Waals surface area contributed by atoms with Gasteiger partial charge in [0, 0.05) is 72.6 Å². The lowest BCUT2D eigenvalue weighted by Crippen LogP contribution is -2.45. The number of phenolic OH excluding ortho intramolecular Hbond substituents is 2. The van der Waals surface area contributed by atoms with Crippen LogP contribution >= 0.6 is 0 Å². The number of aromatic hydroxyl groups is 2. The maximum atomic E-state index is 13.9. The normalized spacial score (nSPS) is 12.4. The minimum absolute atomic E-state index is 0.0426. The van der Waals surface area contributed by atoms with Crippen molar-refractivity contribution in [1.29, 1.82) is 0 Å². The second-order valence-corrected chi connectivity index (χ2v) is 12.7. The third-order valence-electron chi connectivity index (χ3n) is 8.78. The number of nitrogens with zero attached hydrogens (tertiary/aromatic N) is 6. The third-order valence-corrected chi connectivity index (χ3v) is 8.78. The first-order valence-electron chi connectivity index (χ1n) is 17.7. The van der Waals surface area contributed by atoms with E-state index in [2.05, 4.69) is 52.0 Å². The van der Waals surface area contributed by atoms with Gasteiger partial charge in [-0.2, -0.15) is 0 Å². The molecule has 0 bridgehead atoms. The Bertz CT molecular complexity index is 2000. The monoisotopic (exact) mass is 760 g/mol. The largest absolute Gasteiger partial charge is 0.507 e. The van der Waals surface area contributed by atoms with Crippen molar-refractivity contribution in [3.63, 3.8) is 0 Å². The average Bonchev–Trinajstić information content (AvgIpc) is 3.20. The molecule has 1 aliphatic carbocycles. The lowest BCUT2D eigenvalue weighted by molar-refractivity contribution is 0.0975. The standard InChI is InChI=1S/C38H40N12O6/c39-49-45-21-25(19-23-7-3-1-4-8-23)47-37(55)43-17-15-41-27-11-12-28(32-31(27)35(53)33-29(51)13-14-30(52)34(33)36(32)54)42-16-18-44-38(56)48-26(22-46-50-40)20-24-9-5-2-6-10-24/h1-14,25-26,41-42,51-52H,15-22H2,(H2,43,47,55)(H2,44,48,56)/t25-,26-/m0/s1. The Balaban J connectivity index is 1.24. The molecule has 288 valence electrons. The summed E-state index contributed by atoms with van der Waals surface area (Å²) < 4.78 is 0. The summed E-state index contributed by atoms with van der Waals surface area (Å²) in [6.07, 6.45) is 0.880. The van der Waals surface area contributed by atoms with Gasteiger partial charge >= 0.3 is 12.1 Å². The molecule has 4 aromatic rings. The first kappa shape index (κ1) is 39.8. The lowest BCUT2D eigenvalue weighted by atomic mass is 9.81. The van der Waals surface area contributed by atoms with Crippen LogP contribution in [-0.2, 0) is 12.8 Å². The van der Waals surface area contributed by atoms with E-state index in [4.69, 9.17) is 11.1 Å². The summed E-state index contributed by atoms with van der Waals surface area (Å²) in [5.74, 6) is -2.36. The second-order valence-electron chi connectivity index (χ2n) is 12.7. The molecule has 0 fully saturated rings. The van der Waals surface area contributed by atoms with Gasteiger partial charge in [0.25, 0.3) is 0 Å². The van der Waals surface area contributed by atoms with Crippen LogP contribution in [0.5, 0.6) is 11.5 Å². The van der Waals surface area contributed by atoms with Crippen LogP contribution in [0.4, 0.5) is 21.0 Å². The predicted octanol–water partition coefficient (Wildman–Crippen LogP) is 5.14. The molecule has 0 saturated heterocycles. The van der Waals surface area contributed by atoms with Crippen LogP contribution in [0.3, 0.4) is 0 Å². The molecule has 0 radical (unpaired) electrons. The number of hydrogen-bond donors (Lipinski definition) is 8. The number of hydrogen-bond acceptors (Lipinski definition) is 10. The van der Waals surface area contributed by atoms with Gasteiger partial charge in [0.2, 0.25) is 11.6 Å². The van der Waals surface area contributed by atoms with E-state index in [0.29, 0.717) is 12.8 Å². The smallest absolute Gasteiger partial charge is 0.315 e. The molecule has 8 N–H and O–H groups in total. The first-order chi connectivity index (χ1) is 27.2. The number of nitrogens with one attached hydrogen (secondary N) is 6. The fraction of sp³-hybridized carbons (Fsp3) is 0.263. The zero-order valence-electron chi connectivity index (χ0n) is 30.1. The third kappa shape index (κ3) is 10.4. The van der Waals surface area contributed by atoms with E-state index in [1.54, 1.807) is 12.1 Å². The topological polar surface area (TPSA) is 278 Å². The molecule has 18 nitrogen and oxygen atoms in total. The SMILES string of the molecule is [N-]=[N+]=NC[C@H](Cc1ccccc1)NC(=O)NCCNc1ccc(NCCNC(=O)N[C@H](CN=[N+]=[N-])Cc2ccccc2)c2c1C(=O)c1c(O)ccc(O)c1C2=O. The van der Waals surface area contributed by atoms with Crippen molar-refractivity contribution in [3.8, 4) is 11.5 Å². The molecule has 5 rings (SSSR count). The van der Waals surface area contributed by atoms with Crippen LogP contribution in [0, 0.1) is 0 Å². The van der Waals surface area contributed by atoms with E-state index < -0.39 is 47.2 Å². The van der Waals surface area contributed by atoms with Crippen LogP contribution in [0.25, 0.3) is 20.9 Å². The van der Waals surface area contributed by atoms with E-state index in [0.717, 1.165) is 23.3 Å². The van der Waals surface area contributed by atoms with E-state index in [1.165, 1.54) is 0 Å². The number of azide groups is 2. The molecule has 0 aromatic heterocycles. The highest BCUT2D eigenvalue weighted by molar-refractivity contribution is 6.33. The van der Waals surface area contributed by atoms with Crippen LogP contribution in [0.15, 0.2) is 95.2 Å². The molecule has 0 unspecified atom stereocenters. The number of urea groups is 2. The Kier molecular flexibility index (Phi) is 13.9. The minimum Gasteiger partial charge on any atom is -0.507 e. The zero-order valence-corrected chi connectivity index (χ0v) is 30.1. The van der Waals surface area contributed by atoms with E-state index in [-0.39, 0.29) is 72.9 Å². The van der Waals surface area contributed by atoms with Gasteiger partial charge in [-0.15, -0.1) is 0 Å². The molecule has 0 spiro atoms. The van der Waals surface area contributed by atoms with Crippen molar-refractivity contribution < 1.29 is 29.4 Å². The number of benzene rings is 4. The van der Waals surface area contributed by atoms with Crippen LogP contribution in [0.2, 0.25) is 0 Å². The maximum Gasteiger partial charge on any atom is 0.315 e. The summed E-state index contributed by atoms with van der Waals surface area (Å²) in [7, 11) is 0. The minimum atomic E-state index is -0.705. The van der Waals surface area contributed by atoms with Crippen LogP contribution in [0.1, 0.15) is 43.0 Å². The fourth-order valence-electron chi connectivity index (χ4n) is 6.27. The van der Waals surface area contributed by atoms with Gasteiger partial charge in [0.1, 0.15) is 11.5 Å². The number of rotatable bonds is 18. The van der Waals surface area contributed by atoms with Crippen molar-refractivity contribution in [1.82, 2.24) is 21.3 Å². The number of ketones is 2. The number of fused-ring (bicyclic) bond motifs is 2. The Labute approximate surface area is 321 Å². The van der Waals surface area contributed by atoms with Gasteiger partial charge in [-0.3, -0.25) is 9.59 Å². The number of anilines is 2. The fourth-order valence-corrected chi connectivity index (χ4v) is 6.27. The van der Waals surface area contributed by atoms with Gasteiger partial charge in [0.05, 0.1) is 22.3 Å². The summed E-state index contributed by atoms with van der Waals surface area (Å²) in [5.41, 5.74) is 19.2. The van der Waals surface area contributed by atoms with Crippen molar-refractivity contribution in [2.45, 2.75) is 24.9 Å². The highest BCUT2D eigenvalue weighted by Gasteiger charge is 2.38. The predicted molar refractivity (Wildman–Crippen MR) is 209 cm³/mol. The molecular weight excluding hydrogens is 720 g/mol. The highest BCUT2D eigenvalue weighted by atomic mass is 16.3. The maximum absolute atomic E-state index is 13.9. The molecular formula is C38H40N12O6. The molecule has 0 aliphatic heterocycles.